The maximum Gasteiger partial charge on any atom is 0.335 e. The molecule has 0 bridgehead atoms. The topological polar surface area (TPSA) is 54.4 Å². The maximum absolute atomic E-state index is 10.9. The fourth-order valence-corrected chi connectivity index (χ4v) is 1.98. The van der Waals surface area contributed by atoms with Crippen molar-refractivity contribution in [3.63, 3.8) is 0 Å². The lowest BCUT2D eigenvalue weighted by atomic mass is 10.0. The van der Waals surface area contributed by atoms with E-state index in [-0.39, 0.29) is 5.12 Å². The van der Waals surface area contributed by atoms with Crippen molar-refractivity contribution in [1.82, 2.24) is 0 Å². The summed E-state index contributed by atoms with van der Waals surface area (Å²) in [5.74, 6) is -0.166. The number of hydrogen-bond donors (Lipinski definition) is 1. The van der Waals surface area contributed by atoms with Gasteiger partial charge in [-0.1, -0.05) is 30.0 Å². The number of benzene rings is 1. The van der Waals surface area contributed by atoms with Gasteiger partial charge in [-0.15, -0.1) is 0 Å². The van der Waals surface area contributed by atoms with Crippen LogP contribution in [0.15, 0.2) is 24.3 Å². The van der Waals surface area contributed by atoms with Crippen molar-refractivity contribution in [2.75, 3.05) is 5.75 Å². The molecule has 0 aliphatic carbocycles. The second-order valence-corrected chi connectivity index (χ2v) is 5.18. The number of carboxylic acid groups (broad SMARTS) is 1. The number of rotatable bonds is 5. The van der Waals surface area contributed by atoms with Crippen molar-refractivity contribution in [1.29, 1.82) is 0 Å². The van der Waals surface area contributed by atoms with Gasteiger partial charge in [0.15, 0.2) is 5.12 Å². The number of allylic oxidation sites excluding steroid dienone is 1. The van der Waals surface area contributed by atoms with E-state index in [4.69, 9.17) is 5.11 Å². The fourth-order valence-electron chi connectivity index (χ4n) is 1.43. The smallest absolute Gasteiger partial charge is 0.335 e. The Balaban J connectivity index is 2.65. The van der Waals surface area contributed by atoms with Gasteiger partial charge in [0.2, 0.25) is 0 Å². The number of aromatic carboxylic acids is 1. The molecule has 0 aliphatic heterocycles. The maximum atomic E-state index is 10.9. The fraction of sp³-hybridized carbons (Fsp3) is 0.286. The molecule has 0 amide bonds. The SMILES string of the molecule is CC(=O)SCCC=Cc1cc(C(=O)O)ccc1C. The van der Waals surface area contributed by atoms with Gasteiger partial charge < -0.3 is 5.11 Å². The Morgan fingerprint density at radius 1 is 1.39 bits per heavy atom. The Hall–Kier alpha value is -1.55. The second kappa shape index (κ2) is 7.01. The standard InChI is InChI=1S/C14H16O3S/c1-10-6-7-13(14(16)17)9-12(10)5-3-4-8-18-11(2)15/h3,5-7,9H,4,8H2,1-2H3,(H,16,17). The van der Waals surface area contributed by atoms with Crippen LogP contribution in [0, 0.1) is 6.92 Å². The summed E-state index contributed by atoms with van der Waals surface area (Å²) in [5.41, 5.74) is 2.23. The van der Waals surface area contributed by atoms with E-state index in [9.17, 15) is 9.59 Å². The van der Waals surface area contributed by atoms with E-state index in [1.165, 1.54) is 11.8 Å². The first-order valence-electron chi connectivity index (χ1n) is 5.64. The first-order chi connectivity index (χ1) is 8.50. The van der Waals surface area contributed by atoms with E-state index in [0.29, 0.717) is 5.56 Å². The first kappa shape index (κ1) is 14.5. The molecule has 0 spiro atoms. The molecule has 1 N–H and O–H groups in total. The third kappa shape index (κ3) is 4.75. The Kier molecular flexibility index (Phi) is 5.65. The number of carbonyl (C=O) groups is 2. The minimum absolute atomic E-state index is 0.118. The van der Waals surface area contributed by atoms with Crippen LogP contribution in [-0.4, -0.2) is 21.9 Å². The van der Waals surface area contributed by atoms with Crippen LogP contribution >= 0.6 is 11.8 Å². The molecule has 3 nitrogen and oxygen atoms in total. The van der Waals surface area contributed by atoms with Crippen LogP contribution in [0.5, 0.6) is 0 Å². The van der Waals surface area contributed by atoms with Crippen molar-refractivity contribution >= 4 is 28.9 Å². The predicted molar refractivity (Wildman–Crippen MR) is 74.9 cm³/mol. The molecule has 1 rings (SSSR count). The molecule has 96 valence electrons. The lowest BCUT2D eigenvalue weighted by molar-refractivity contribution is -0.109. The van der Waals surface area contributed by atoms with Crippen molar-refractivity contribution in [2.45, 2.75) is 20.3 Å². The quantitative estimate of drug-likeness (QED) is 0.828. The summed E-state index contributed by atoms with van der Waals surface area (Å²) >= 11 is 1.29. The molecule has 18 heavy (non-hydrogen) atoms. The Labute approximate surface area is 111 Å². The average molecular weight is 264 g/mol. The van der Waals surface area contributed by atoms with Crippen LogP contribution in [0.3, 0.4) is 0 Å². The predicted octanol–water partition coefficient (Wildman–Crippen LogP) is 3.38. The van der Waals surface area contributed by atoms with E-state index in [0.717, 1.165) is 23.3 Å². The summed E-state index contributed by atoms with van der Waals surface area (Å²) in [5, 5.41) is 9.02. The first-order valence-corrected chi connectivity index (χ1v) is 6.63. The second-order valence-electron chi connectivity index (χ2n) is 3.91. The summed E-state index contributed by atoms with van der Waals surface area (Å²) < 4.78 is 0. The minimum Gasteiger partial charge on any atom is -0.478 e. The van der Waals surface area contributed by atoms with Gasteiger partial charge in [-0.25, -0.2) is 4.79 Å². The minimum atomic E-state index is -0.920. The molecule has 0 unspecified atom stereocenters. The van der Waals surface area contributed by atoms with Gasteiger partial charge in [0.1, 0.15) is 0 Å². The van der Waals surface area contributed by atoms with Gasteiger partial charge in [0, 0.05) is 12.7 Å². The zero-order valence-corrected chi connectivity index (χ0v) is 11.3. The van der Waals surface area contributed by atoms with Gasteiger partial charge in [-0.2, -0.15) is 0 Å². The molecule has 1 aromatic carbocycles. The lowest BCUT2D eigenvalue weighted by Crippen LogP contribution is -1.97. The van der Waals surface area contributed by atoms with Crippen LogP contribution in [0.25, 0.3) is 6.08 Å². The Morgan fingerprint density at radius 3 is 2.72 bits per heavy atom. The highest BCUT2D eigenvalue weighted by atomic mass is 32.2. The molecule has 0 saturated carbocycles. The summed E-state index contributed by atoms with van der Waals surface area (Å²) in [6, 6.07) is 5.06. The van der Waals surface area contributed by atoms with Crippen molar-refractivity contribution < 1.29 is 14.7 Å². The molecule has 0 radical (unpaired) electrons. The monoisotopic (exact) mass is 264 g/mol. The van der Waals surface area contributed by atoms with E-state index in [2.05, 4.69) is 0 Å². The van der Waals surface area contributed by atoms with Crippen LogP contribution in [0.2, 0.25) is 0 Å². The molecule has 1 aromatic rings. The molecular weight excluding hydrogens is 248 g/mol. The van der Waals surface area contributed by atoms with Gasteiger partial charge in [0.25, 0.3) is 0 Å². The van der Waals surface area contributed by atoms with Gasteiger partial charge in [-0.3, -0.25) is 4.79 Å². The van der Waals surface area contributed by atoms with Crippen LogP contribution in [0.4, 0.5) is 0 Å². The largest absolute Gasteiger partial charge is 0.478 e. The third-order valence-corrected chi connectivity index (χ3v) is 3.26. The summed E-state index contributed by atoms with van der Waals surface area (Å²) in [6.07, 6.45) is 4.66. The van der Waals surface area contributed by atoms with E-state index >= 15 is 0 Å². The number of hydrogen-bond acceptors (Lipinski definition) is 3. The third-order valence-electron chi connectivity index (χ3n) is 2.41. The highest BCUT2D eigenvalue weighted by Gasteiger charge is 2.03. The van der Waals surface area contributed by atoms with E-state index in [1.54, 1.807) is 25.1 Å². The Bertz CT molecular complexity index is 478. The molecule has 0 fully saturated rings. The average Bonchev–Trinajstić information content (AvgIpc) is 2.30. The van der Waals surface area contributed by atoms with Crippen molar-refractivity contribution in [3.05, 3.63) is 41.0 Å². The van der Waals surface area contributed by atoms with E-state index in [1.807, 2.05) is 19.1 Å². The molecular formula is C14H16O3S. The van der Waals surface area contributed by atoms with Crippen LogP contribution in [0.1, 0.15) is 34.8 Å². The van der Waals surface area contributed by atoms with Gasteiger partial charge >= 0.3 is 5.97 Å². The zero-order valence-electron chi connectivity index (χ0n) is 10.5. The number of carboxylic acids is 1. The summed E-state index contributed by atoms with van der Waals surface area (Å²) in [7, 11) is 0. The number of carbonyl (C=O) groups excluding carboxylic acids is 1. The number of thioether (sulfide) groups is 1. The summed E-state index contributed by atoms with van der Waals surface area (Å²) in [6.45, 7) is 3.49. The molecule has 0 aromatic heterocycles. The molecule has 0 saturated heterocycles. The van der Waals surface area contributed by atoms with E-state index < -0.39 is 5.97 Å². The molecule has 0 atom stereocenters. The highest BCUT2D eigenvalue weighted by molar-refractivity contribution is 8.13. The summed E-state index contributed by atoms with van der Waals surface area (Å²) in [4.78, 5) is 21.6. The Morgan fingerprint density at radius 2 is 2.11 bits per heavy atom. The highest BCUT2D eigenvalue weighted by Crippen LogP contribution is 2.14. The van der Waals surface area contributed by atoms with Gasteiger partial charge in [0.05, 0.1) is 5.56 Å². The van der Waals surface area contributed by atoms with Crippen molar-refractivity contribution in [3.8, 4) is 0 Å². The molecule has 0 aliphatic rings. The molecule has 4 heteroatoms. The normalized spacial score (nSPS) is 10.8. The van der Waals surface area contributed by atoms with Gasteiger partial charge in [-0.05, 0) is 36.6 Å². The number of aryl methyl sites for hydroxylation is 1. The molecule has 0 heterocycles. The van der Waals surface area contributed by atoms with Crippen molar-refractivity contribution in [2.24, 2.45) is 0 Å². The van der Waals surface area contributed by atoms with Crippen LogP contribution < -0.4 is 0 Å². The lowest BCUT2D eigenvalue weighted by Gasteiger charge is -2.02. The zero-order chi connectivity index (χ0) is 13.5. The van der Waals surface area contributed by atoms with Crippen LogP contribution in [-0.2, 0) is 4.79 Å².